The van der Waals surface area contributed by atoms with Gasteiger partial charge in [-0.05, 0) is 12.1 Å². The molecule has 0 atom stereocenters. The van der Waals surface area contributed by atoms with Gasteiger partial charge in [-0.15, -0.1) is 10.2 Å². The van der Waals surface area contributed by atoms with Crippen molar-refractivity contribution in [2.75, 3.05) is 21.3 Å². The Morgan fingerprint density at radius 3 is 2.22 bits per heavy atom. The molecule has 18 heavy (non-hydrogen) atoms. The van der Waals surface area contributed by atoms with Crippen LogP contribution in [0.5, 0.6) is 17.2 Å². The highest BCUT2D eigenvalue weighted by Gasteiger charge is 2.19. The van der Waals surface area contributed by atoms with Crippen molar-refractivity contribution in [1.82, 2.24) is 14.8 Å². The summed E-state index contributed by atoms with van der Waals surface area (Å²) >= 11 is 0. The summed E-state index contributed by atoms with van der Waals surface area (Å²) in [5, 5.41) is 7.92. The highest BCUT2D eigenvalue weighted by atomic mass is 16.5. The lowest BCUT2D eigenvalue weighted by Crippen LogP contribution is -1.99. The van der Waals surface area contributed by atoms with E-state index >= 15 is 0 Å². The summed E-state index contributed by atoms with van der Waals surface area (Å²) in [5.41, 5.74) is 0.801. The van der Waals surface area contributed by atoms with Gasteiger partial charge in [-0.3, -0.25) is 0 Å². The summed E-state index contributed by atoms with van der Waals surface area (Å²) in [6.45, 7) is 0. The molecular formula is C12H15N3O3. The van der Waals surface area contributed by atoms with E-state index in [9.17, 15) is 0 Å². The predicted molar refractivity (Wildman–Crippen MR) is 66.1 cm³/mol. The lowest BCUT2D eigenvalue weighted by Gasteiger charge is -2.15. The van der Waals surface area contributed by atoms with Crippen LogP contribution >= 0.6 is 0 Å². The molecule has 1 aromatic heterocycles. The summed E-state index contributed by atoms with van der Waals surface area (Å²) in [6.07, 6.45) is 1.63. The molecule has 0 bridgehead atoms. The Bertz CT molecular complexity index is 551. The third-order valence-corrected chi connectivity index (χ3v) is 2.66. The van der Waals surface area contributed by atoms with Crippen LogP contribution in [0.25, 0.3) is 11.4 Å². The molecule has 0 spiro atoms. The predicted octanol–water partition coefficient (Wildman–Crippen LogP) is 1.51. The molecule has 0 aliphatic heterocycles. The fraction of sp³-hybridized carbons (Fsp3) is 0.333. The average molecular weight is 249 g/mol. The van der Waals surface area contributed by atoms with Crippen LogP contribution in [-0.4, -0.2) is 36.1 Å². The first-order valence-electron chi connectivity index (χ1n) is 5.36. The Balaban J connectivity index is 2.66. The van der Waals surface area contributed by atoms with Crippen LogP contribution in [0, 0.1) is 0 Å². The second-order valence-electron chi connectivity index (χ2n) is 3.65. The first-order valence-corrected chi connectivity index (χ1v) is 5.36. The maximum atomic E-state index is 5.40. The number of methoxy groups -OCH3 is 3. The van der Waals surface area contributed by atoms with Crippen molar-refractivity contribution in [2.45, 2.75) is 0 Å². The zero-order valence-electron chi connectivity index (χ0n) is 10.8. The third-order valence-electron chi connectivity index (χ3n) is 2.66. The van der Waals surface area contributed by atoms with E-state index in [1.54, 1.807) is 27.7 Å². The standard InChI is InChI=1S/C12H15N3O3/c1-15-7-13-14-12(15)8-5-6-9(16-2)11(18-4)10(8)17-3/h5-7H,1-4H3. The number of hydrogen-bond acceptors (Lipinski definition) is 5. The van der Waals surface area contributed by atoms with E-state index in [-0.39, 0.29) is 0 Å². The van der Waals surface area contributed by atoms with Crippen LogP contribution in [0.15, 0.2) is 18.5 Å². The lowest BCUT2D eigenvalue weighted by molar-refractivity contribution is 0.325. The van der Waals surface area contributed by atoms with Crippen LogP contribution in [0.1, 0.15) is 0 Å². The molecule has 0 N–H and O–H groups in total. The van der Waals surface area contributed by atoms with E-state index in [2.05, 4.69) is 10.2 Å². The molecular weight excluding hydrogens is 234 g/mol. The summed E-state index contributed by atoms with van der Waals surface area (Å²) in [5.74, 6) is 2.43. The van der Waals surface area contributed by atoms with Gasteiger partial charge in [0.15, 0.2) is 17.3 Å². The van der Waals surface area contributed by atoms with Gasteiger partial charge in [-0.2, -0.15) is 0 Å². The summed E-state index contributed by atoms with van der Waals surface area (Å²) in [6, 6.07) is 3.68. The van der Waals surface area contributed by atoms with Gasteiger partial charge in [0, 0.05) is 7.05 Å². The number of ether oxygens (including phenoxy) is 3. The maximum Gasteiger partial charge on any atom is 0.204 e. The summed E-state index contributed by atoms with van der Waals surface area (Å²) in [4.78, 5) is 0. The largest absolute Gasteiger partial charge is 0.493 e. The first kappa shape index (κ1) is 12.2. The Labute approximate surface area is 105 Å². The second-order valence-corrected chi connectivity index (χ2v) is 3.65. The normalized spacial score (nSPS) is 10.2. The van der Waals surface area contributed by atoms with Crippen LogP contribution in [-0.2, 0) is 7.05 Å². The Morgan fingerprint density at radius 2 is 1.72 bits per heavy atom. The van der Waals surface area contributed by atoms with Crippen LogP contribution in [0.3, 0.4) is 0 Å². The fourth-order valence-corrected chi connectivity index (χ4v) is 1.80. The minimum absolute atomic E-state index is 0.542. The minimum Gasteiger partial charge on any atom is -0.493 e. The van der Waals surface area contributed by atoms with Crippen molar-refractivity contribution >= 4 is 0 Å². The van der Waals surface area contributed by atoms with E-state index in [0.29, 0.717) is 23.1 Å². The highest BCUT2D eigenvalue weighted by Crippen LogP contribution is 2.43. The van der Waals surface area contributed by atoms with E-state index in [4.69, 9.17) is 14.2 Å². The Kier molecular flexibility index (Phi) is 3.36. The molecule has 6 heteroatoms. The molecule has 0 unspecified atom stereocenters. The van der Waals surface area contributed by atoms with Gasteiger partial charge in [0.2, 0.25) is 5.75 Å². The second kappa shape index (κ2) is 4.95. The summed E-state index contributed by atoms with van der Waals surface area (Å²) in [7, 11) is 6.60. The molecule has 0 radical (unpaired) electrons. The SMILES string of the molecule is COc1ccc(-c2nncn2C)c(OC)c1OC. The van der Waals surface area contributed by atoms with Gasteiger partial charge in [-0.1, -0.05) is 0 Å². The van der Waals surface area contributed by atoms with Crippen molar-refractivity contribution < 1.29 is 14.2 Å². The number of aromatic nitrogens is 3. The number of nitrogens with zero attached hydrogens (tertiary/aromatic N) is 3. The maximum absolute atomic E-state index is 5.40. The van der Waals surface area contributed by atoms with Crippen LogP contribution < -0.4 is 14.2 Å². The summed E-state index contributed by atoms with van der Waals surface area (Å²) < 4.78 is 17.8. The Morgan fingerprint density at radius 1 is 1.00 bits per heavy atom. The van der Waals surface area contributed by atoms with Gasteiger partial charge < -0.3 is 18.8 Å². The lowest BCUT2D eigenvalue weighted by atomic mass is 10.1. The smallest absolute Gasteiger partial charge is 0.204 e. The van der Waals surface area contributed by atoms with Gasteiger partial charge >= 0.3 is 0 Å². The van der Waals surface area contributed by atoms with Crippen molar-refractivity contribution in [1.29, 1.82) is 0 Å². The molecule has 0 amide bonds. The van der Waals surface area contributed by atoms with Gasteiger partial charge in [0.1, 0.15) is 6.33 Å². The molecule has 2 aromatic rings. The van der Waals surface area contributed by atoms with E-state index in [0.717, 1.165) is 5.56 Å². The van der Waals surface area contributed by atoms with Gasteiger partial charge in [0.05, 0.1) is 26.9 Å². The fourth-order valence-electron chi connectivity index (χ4n) is 1.80. The topological polar surface area (TPSA) is 58.4 Å². The van der Waals surface area contributed by atoms with Crippen molar-refractivity contribution in [3.8, 4) is 28.6 Å². The van der Waals surface area contributed by atoms with Crippen molar-refractivity contribution in [3.05, 3.63) is 18.5 Å². The van der Waals surface area contributed by atoms with Gasteiger partial charge in [0.25, 0.3) is 0 Å². The zero-order valence-corrected chi connectivity index (χ0v) is 10.8. The monoisotopic (exact) mass is 249 g/mol. The third kappa shape index (κ3) is 1.85. The van der Waals surface area contributed by atoms with Crippen molar-refractivity contribution in [2.24, 2.45) is 7.05 Å². The average Bonchev–Trinajstić information content (AvgIpc) is 2.82. The molecule has 0 saturated heterocycles. The zero-order chi connectivity index (χ0) is 13.1. The number of aryl methyl sites for hydroxylation is 1. The molecule has 0 fully saturated rings. The molecule has 6 nitrogen and oxygen atoms in total. The molecule has 96 valence electrons. The van der Waals surface area contributed by atoms with Crippen molar-refractivity contribution in [3.63, 3.8) is 0 Å². The minimum atomic E-state index is 0.542. The molecule has 1 aromatic carbocycles. The Hall–Kier alpha value is -2.24. The van der Waals surface area contributed by atoms with Gasteiger partial charge in [-0.25, -0.2) is 0 Å². The highest BCUT2D eigenvalue weighted by molar-refractivity contribution is 5.72. The number of hydrogen-bond donors (Lipinski definition) is 0. The van der Waals surface area contributed by atoms with E-state index in [1.807, 2.05) is 23.7 Å². The molecule has 0 aliphatic rings. The molecule has 2 rings (SSSR count). The molecule has 0 saturated carbocycles. The first-order chi connectivity index (χ1) is 8.72. The number of benzene rings is 1. The van der Waals surface area contributed by atoms with E-state index < -0.39 is 0 Å². The van der Waals surface area contributed by atoms with Crippen LogP contribution in [0.4, 0.5) is 0 Å². The number of rotatable bonds is 4. The molecule has 1 heterocycles. The van der Waals surface area contributed by atoms with Crippen LogP contribution in [0.2, 0.25) is 0 Å². The quantitative estimate of drug-likeness (QED) is 0.822. The van der Waals surface area contributed by atoms with E-state index in [1.165, 1.54) is 0 Å². The molecule has 0 aliphatic carbocycles.